The van der Waals surface area contributed by atoms with Crippen LogP contribution in [-0.4, -0.2) is 36.8 Å². The van der Waals surface area contributed by atoms with Gasteiger partial charge in [-0.3, -0.25) is 9.69 Å². The summed E-state index contributed by atoms with van der Waals surface area (Å²) in [4.78, 5) is 13.5. The van der Waals surface area contributed by atoms with E-state index in [-0.39, 0.29) is 0 Å². The Balaban J connectivity index is 1.90. The molecule has 1 aromatic heterocycles. The summed E-state index contributed by atoms with van der Waals surface area (Å²) in [5, 5.41) is 17.7. The molecule has 0 spiro atoms. The zero-order valence-corrected chi connectivity index (χ0v) is 13.1. The molecule has 2 aromatic rings. The van der Waals surface area contributed by atoms with Crippen LogP contribution in [0.3, 0.4) is 0 Å². The zero-order valence-electron chi connectivity index (χ0n) is 11.5. The summed E-state index contributed by atoms with van der Waals surface area (Å²) >= 11 is 3.51. The Kier molecular flexibility index (Phi) is 3.77. The van der Waals surface area contributed by atoms with Gasteiger partial charge in [0, 0.05) is 11.0 Å². The number of halogens is 1. The fourth-order valence-corrected chi connectivity index (χ4v) is 3.02. The molecule has 1 aliphatic heterocycles. The van der Waals surface area contributed by atoms with Gasteiger partial charge in [-0.25, -0.2) is 0 Å². The van der Waals surface area contributed by atoms with Crippen molar-refractivity contribution >= 4 is 21.9 Å². The predicted octanol–water partition coefficient (Wildman–Crippen LogP) is 1.82. The molecule has 0 amide bonds. The molecule has 7 heteroatoms. The van der Waals surface area contributed by atoms with Crippen LogP contribution in [-0.2, 0) is 24.4 Å². The Morgan fingerprint density at radius 3 is 2.90 bits per heavy atom. The number of nitrogens with zero attached hydrogens (tertiary/aromatic N) is 4. The molecule has 0 saturated carbocycles. The number of carboxylic acid groups (broad SMARTS) is 1. The molecule has 6 nitrogen and oxygen atoms in total. The van der Waals surface area contributed by atoms with Crippen LogP contribution in [0.4, 0.5) is 0 Å². The lowest BCUT2D eigenvalue weighted by molar-refractivity contribution is -0.145. The first-order valence-electron chi connectivity index (χ1n) is 6.65. The van der Waals surface area contributed by atoms with Gasteiger partial charge in [0.25, 0.3) is 0 Å². The summed E-state index contributed by atoms with van der Waals surface area (Å²) in [6.45, 7) is 3.27. The average molecular weight is 351 g/mol. The number of aliphatic carboxylic acids is 1. The second-order valence-corrected chi connectivity index (χ2v) is 5.98. The molecule has 1 aliphatic rings. The second kappa shape index (κ2) is 5.57. The molecular weight excluding hydrogens is 336 g/mol. The van der Waals surface area contributed by atoms with Crippen molar-refractivity contribution < 1.29 is 9.90 Å². The summed E-state index contributed by atoms with van der Waals surface area (Å²) < 4.78 is 2.87. The van der Waals surface area contributed by atoms with E-state index in [4.69, 9.17) is 0 Å². The monoisotopic (exact) mass is 350 g/mol. The van der Waals surface area contributed by atoms with Crippen LogP contribution in [0, 0.1) is 6.92 Å². The van der Waals surface area contributed by atoms with Gasteiger partial charge in [-0.05, 0) is 18.6 Å². The van der Waals surface area contributed by atoms with E-state index in [1.54, 1.807) is 0 Å². The number of fused-ring (bicyclic) bond motifs is 1. The third kappa shape index (κ3) is 2.71. The Morgan fingerprint density at radius 2 is 2.19 bits per heavy atom. The molecule has 0 aliphatic carbocycles. The van der Waals surface area contributed by atoms with Crippen molar-refractivity contribution in [2.75, 3.05) is 0 Å². The van der Waals surface area contributed by atoms with Gasteiger partial charge < -0.3 is 9.67 Å². The standard InChI is InChI=1S/C14H15BrN4O2/c1-9-16-17-13-8-18(12(14(20)21)7-19(9)13)6-10-4-2-3-5-11(10)15/h2-5,12H,6-8H2,1H3,(H,20,21). The third-order valence-corrected chi connectivity index (χ3v) is 4.54. The average Bonchev–Trinajstić information content (AvgIpc) is 2.81. The van der Waals surface area contributed by atoms with E-state index in [1.165, 1.54) is 0 Å². The third-order valence-electron chi connectivity index (χ3n) is 3.77. The quantitative estimate of drug-likeness (QED) is 0.913. The van der Waals surface area contributed by atoms with Crippen molar-refractivity contribution in [3.8, 4) is 0 Å². The maximum atomic E-state index is 11.6. The molecule has 0 radical (unpaired) electrons. The first kappa shape index (κ1) is 14.2. The molecule has 0 saturated heterocycles. The fraction of sp³-hybridized carbons (Fsp3) is 0.357. The van der Waals surface area contributed by atoms with Crippen molar-refractivity contribution in [1.29, 1.82) is 0 Å². The minimum atomic E-state index is -0.819. The highest BCUT2D eigenvalue weighted by Gasteiger charge is 2.33. The highest BCUT2D eigenvalue weighted by Crippen LogP contribution is 2.23. The molecule has 1 atom stereocenters. The van der Waals surface area contributed by atoms with Crippen LogP contribution in [0.5, 0.6) is 0 Å². The lowest BCUT2D eigenvalue weighted by Crippen LogP contribution is -2.47. The highest BCUT2D eigenvalue weighted by atomic mass is 79.9. The van der Waals surface area contributed by atoms with E-state index < -0.39 is 12.0 Å². The molecule has 0 bridgehead atoms. The molecule has 0 fully saturated rings. The largest absolute Gasteiger partial charge is 0.480 e. The van der Waals surface area contributed by atoms with Gasteiger partial charge >= 0.3 is 5.97 Å². The fourth-order valence-electron chi connectivity index (χ4n) is 2.61. The molecule has 3 rings (SSSR count). The lowest BCUT2D eigenvalue weighted by atomic mass is 10.1. The van der Waals surface area contributed by atoms with Crippen LogP contribution < -0.4 is 0 Å². The van der Waals surface area contributed by atoms with E-state index in [0.717, 1.165) is 21.7 Å². The Labute approximate surface area is 130 Å². The summed E-state index contributed by atoms with van der Waals surface area (Å²) in [6.07, 6.45) is 0. The smallest absolute Gasteiger partial charge is 0.322 e. The van der Waals surface area contributed by atoms with E-state index in [1.807, 2.05) is 40.7 Å². The SMILES string of the molecule is Cc1nnc2n1CC(C(=O)O)N(Cc1ccccc1Br)C2. The predicted molar refractivity (Wildman–Crippen MR) is 79.6 cm³/mol. The number of aromatic nitrogens is 3. The summed E-state index contributed by atoms with van der Waals surface area (Å²) in [6, 6.07) is 7.28. The Bertz CT molecular complexity index is 685. The first-order valence-corrected chi connectivity index (χ1v) is 7.44. The summed E-state index contributed by atoms with van der Waals surface area (Å²) in [5.74, 6) is 0.759. The number of aryl methyl sites for hydroxylation is 1. The minimum Gasteiger partial charge on any atom is -0.480 e. The Hall–Kier alpha value is -1.73. The van der Waals surface area contributed by atoms with Gasteiger partial charge in [-0.2, -0.15) is 0 Å². The van der Waals surface area contributed by atoms with Gasteiger partial charge in [0.1, 0.15) is 17.7 Å². The number of hydrogen-bond acceptors (Lipinski definition) is 4. The lowest BCUT2D eigenvalue weighted by Gasteiger charge is -2.33. The minimum absolute atomic E-state index is 0.383. The Morgan fingerprint density at radius 1 is 1.43 bits per heavy atom. The van der Waals surface area contributed by atoms with Gasteiger partial charge in [0.05, 0.1) is 13.1 Å². The van der Waals surface area contributed by atoms with E-state index in [9.17, 15) is 9.90 Å². The van der Waals surface area contributed by atoms with Crippen LogP contribution in [0.2, 0.25) is 0 Å². The number of carboxylic acids is 1. The zero-order chi connectivity index (χ0) is 15.0. The molecular formula is C14H15BrN4O2. The first-order chi connectivity index (χ1) is 10.1. The van der Waals surface area contributed by atoms with E-state index >= 15 is 0 Å². The summed E-state index contributed by atoms with van der Waals surface area (Å²) in [7, 11) is 0. The molecule has 21 heavy (non-hydrogen) atoms. The van der Waals surface area contributed by atoms with Crippen molar-refractivity contribution in [3.05, 3.63) is 46.0 Å². The van der Waals surface area contributed by atoms with Gasteiger partial charge in [-0.1, -0.05) is 34.1 Å². The highest BCUT2D eigenvalue weighted by molar-refractivity contribution is 9.10. The van der Waals surface area contributed by atoms with Crippen LogP contribution in [0.15, 0.2) is 28.7 Å². The number of benzene rings is 1. The summed E-state index contributed by atoms with van der Waals surface area (Å²) in [5.41, 5.74) is 1.06. The van der Waals surface area contributed by atoms with Crippen molar-refractivity contribution in [3.63, 3.8) is 0 Å². The van der Waals surface area contributed by atoms with Crippen molar-refractivity contribution in [2.45, 2.75) is 32.6 Å². The molecule has 1 N–H and O–H groups in total. The van der Waals surface area contributed by atoms with Gasteiger partial charge in [0.15, 0.2) is 0 Å². The number of rotatable bonds is 3. The van der Waals surface area contributed by atoms with E-state index in [0.29, 0.717) is 19.6 Å². The normalized spacial score (nSPS) is 18.5. The number of carbonyl (C=O) groups is 1. The van der Waals surface area contributed by atoms with Crippen LogP contribution in [0.25, 0.3) is 0 Å². The maximum absolute atomic E-state index is 11.6. The van der Waals surface area contributed by atoms with Crippen molar-refractivity contribution in [1.82, 2.24) is 19.7 Å². The number of hydrogen-bond donors (Lipinski definition) is 1. The van der Waals surface area contributed by atoms with Crippen LogP contribution in [0.1, 0.15) is 17.2 Å². The second-order valence-electron chi connectivity index (χ2n) is 5.12. The van der Waals surface area contributed by atoms with E-state index in [2.05, 4.69) is 26.1 Å². The molecule has 1 unspecified atom stereocenters. The van der Waals surface area contributed by atoms with Crippen LogP contribution >= 0.6 is 15.9 Å². The van der Waals surface area contributed by atoms with Gasteiger partial charge in [-0.15, -0.1) is 10.2 Å². The molecule has 2 heterocycles. The maximum Gasteiger partial charge on any atom is 0.322 e. The van der Waals surface area contributed by atoms with Crippen molar-refractivity contribution in [2.24, 2.45) is 0 Å². The molecule has 110 valence electrons. The topological polar surface area (TPSA) is 71.2 Å². The molecule has 1 aromatic carbocycles. The van der Waals surface area contributed by atoms with Gasteiger partial charge in [0.2, 0.25) is 0 Å².